The van der Waals surface area contributed by atoms with Crippen molar-refractivity contribution in [1.82, 2.24) is 5.32 Å². The van der Waals surface area contributed by atoms with E-state index in [-0.39, 0.29) is 22.0 Å². The van der Waals surface area contributed by atoms with E-state index in [1.54, 1.807) is 0 Å². The van der Waals surface area contributed by atoms with Gasteiger partial charge in [-0.2, -0.15) is 11.8 Å². The molecular weight excluding hydrogens is 320 g/mol. The minimum atomic E-state index is -1.35. The van der Waals surface area contributed by atoms with Crippen LogP contribution in [0.1, 0.15) is 16.8 Å². The molecule has 2 N–H and O–H groups in total. The summed E-state index contributed by atoms with van der Waals surface area (Å²) in [5.74, 6) is -0.980. The van der Waals surface area contributed by atoms with Gasteiger partial charge < -0.3 is 10.4 Å². The summed E-state index contributed by atoms with van der Waals surface area (Å²) in [5, 5.41) is 22.5. The number of hydrogen-bond donors (Lipinski definition) is 2. The van der Waals surface area contributed by atoms with Gasteiger partial charge in [0.2, 0.25) is 0 Å². The lowest BCUT2D eigenvalue weighted by Gasteiger charge is -2.24. The summed E-state index contributed by atoms with van der Waals surface area (Å²) in [7, 11) is 0. The molecule has 112 valence electrons. The normalized spacial score (nSPS) is 21.0. The first-order valence-corrected chi connectivity index (χ1v) is 7.46. The number of nitrogens with one attached hydrogen (secondary N) is 1. The van der Waals surface area contributed by atoms with Crippen molar-refractivity contribution in [2.45, 2.75) is 12.0 Å². The van der Waals surface area contributed by atoms with Gasteiger partial charge in [-0.05, 0) is 18.2 Å². The Morgan fingerprint density at radius 2 is 2.19 bits per heavy atom. The molecule has 1 aliphatic rings. The number of carboxylic acids is 1. The minimum absolute atomic E-state index is 0.0317. The smallest absolute Gasteiger partial charge is 0.330 e. The number of thioether (sulfide) groups is 1. The minimum Gasteiger partial charge on any atom is -0.479 e. The van der Waals surface area contributed by atoms with E-state index in [4.69, 9.17) is 11.6 Å². The third-order valence-corrected chi connectivity index (χ3v) is 4.71. The molecule has 2 rings (SSSR count). The molecule has 0 bridgehead atoms. The average molecular weight is 331 g/mol. The highest BCUT2D eigenvalue weighted by Crippen LogP contribution is 2.29. The van der Waals surface area contributed by atoms with Crippen molar-refractivity contribution < 1.29 is 19.6 Å². The van der Waals surface area contributed by atoms with E-state index in [0.29, 0.717) is 12.2 Å². The van der Waals surface area contributed by atoms with E-state index in [0.717, 1.165) is 6.07 Å². The number of hydrogen-bond acceptors (Lipinski definition) is 5. The Morgan fingerprint density at radius 3 is 2.71 bits per heavy atom. The Balaban J connectivity index is 2.30. The molecular formula is C12H11ClN2O5S. The lowest BCUT2D eigenvalue weighted by atomic mass is 9.98. The molecule has 1 saturated heterocycles. The van der Waals surface area contributed by atoms with E-state index < -0.39 is 22.3 Å². The standard InChI is InChI=1S/C12H11ClN2O5S/c13-9-2-1-7(15(19)20)5-8(9)10(16)14-12(11(17)18)3-4-21-6-12/h1-2,5H,3-4,6H2,(H,14,16)(H,17,18). The van der Waals surface area contributed by atoms with Gasteiger partial charge in [0, 0.05) is 17.9 Å². The van der Waals surface area contributed by atoms with Crippen LogP contribution in [0.15, 0.2) is 18.2 Å². The molecule has 1 atom stereocenters. The second kappa shape index (κ2) is 5.90. The molecule has 0 radical (unpaired) electrons. The Bertz CT molecular complexity index is 616. The van der Waals surface area contributed by atoms with Crippen LogP contribution >= 0.6 is 23.4 Å². The largest absolute Gasteiger partial charge is 0.479 e. The van der Waals surface area contributed by atoms with Crippen LogP contribution < -0.4 is 5.32 Å². The zero-order chi connectivity index (χ0) is 15.6. The van der Waals surface area contributed by atoms with Crippen LogP contribution in [0, 0.1) is 10.1 Å². The van der Waals surface area contributed by atoms with Gasteiger partial charge in [0.05, 0.1) is 15.5 Å². The topological polar surface area (TPSA) is 110 Å². The number of non-ortho nitro benzene ring substituents is 1. The van der Waals surface area contributed by atoms with Gasteiger partial charge in [0.1, 0.15) is 5.54 Å². The maximum Gasteiger partial charge on any atom is 0.330 e. The maximum atomic E-state index is 12.2. The number of benzene rings is 1. The number of carboxylic acid groups (broad SMARTS) is 1. The van der Waals surface area contributed by atoms with Crippen LogP contribution in [0.4, 0.5) is 5.69 Å². The fourth-order valence-electron chi connectivity index (χ4n) is 1.97. The molecule has 1 amide bonds. The molecule has 0 saturated carbocycles. The lowest BCUT2D eigenvalue weighted by molar-refractivity contribution is -0.384. The van der Waals surface area contributed by atoms with Crippen molar-refractivity contribution in [3.8, 4) is 0 Å². The third kappa shape index (κ3) is 3.11. The van der Waals surface area contributed by atoms with Gasteiger partial charge in [-0.3, -0.25) is 14.9 Å². The average Bonchev–Trinajstić information content (AvgIpc) is 2.88. The first-order valence-electron chi connectivity index (χ1n) is 5.93. The summed E-state index contributed by atoms with van der Waals surface area (Å²) in [4.78, 5) is 33.7. The van der Waals surface area contributed by atoms with Gasteiger partial charge in [-0.25, -0.2) is 4.79 Å². The Kier molecular flexibility index (Phi) is 4.38. The number of carbonyl (C=O) groups excluding carboxylic acids is 1. The number of carbonyl (C=O) groups is 2. The Labute approximate surface area is 128 Å². The SMILES string of the molecule is O=C(NC1(C(=O)O)CCSC1)c1cc([N+](=O)[O-])ccc1Cl. The highest BCUT2D eigenvalue weighted by Gasteiger charge is 2.43. The molecule has 1 aliphatic heterocycles. The molecule has 0 aromatic heterocycles. The molecule has 1 aromatic rings. The van der Waals surface area contributed by atoms with Crippen LogP contribution in [0.2, 0.25) is 5.02 Å². The number of rotatable bonds is 4. The van der Waals surface area contributed by atoms with Crippen molar-refractivity contribution in [3.63, 3.8) is 0 Å². The van der Waals surface area contributed by atoms with Crippen LogP contribution in [-0.4, -0.2) is 39.0 Å². The number of nitro benzene ring substituents is 1. The zero-order valence-corrected chi connectivity index (χ0v) is 12.2. The van der Waals surface area contributed by atoms with Crippen molar-refractivity contribution >= 4 is 40.9 Å². The predicted molar refractivity (Wildman–Crippen MR) is 77.9 cm³/mol. The molecule has 1 fully saturated rings. The monoisotopic (exact) mass is 330 g/mol. The van der Waals surface area contributed by atoms with E-state index in [1.165, 1.54) is 23.9 Å². The zero-order valence-electron chi connectivity index (χ0n) is 10.7. The number of nitro groups is 1. The molecule has 0 aliphatic carbocycles. The first-order chi connectivity index (χ1) is 9.85. The highest BCUT2D eigenvalue weighted by atomic mass is 35.5. The van der Waals surface area contributed by atoms with Gasteiger partial charge in [-0.1, -0.05) is 11.6 Å². The second-order valence-electron chi connectivity index (χ2n) is 4.57. The van der Waals surface area contributed by atoms with Crippen molar-refractivity contribution in [3.05, 3.63) is 38.9 Å². The van der Waals surface area contributed by atoms with E-state index in [1.807, 2.05) is 0 Å². The summed E-state index contributed by atoms with van der Waals surface area (Å²) in [6.45, 7) is 0. The highest BCUT2D eigenvalue weighted by molar-refractivity contribution is 7.99. The molecule has 0 spiro atoms. The van der Waals surface area contributed by atoms with Gasteiger partial charge in [-0.15, -0.1) is 0 Å². The Morgan fingerprint density at radius 1 is 1.48 bits per heavy atom. The Hall–Kier alpha value is -1.80. The second-order valence-corrected chi connectivity index (χ2v) is 6.08. The summed E-state index contributed by atoms with van der Waals surface area (Å²) >= 11 is 7.29. The quantitative estimate of drug-likeness (QED) is 0.645. The number of amides is 1. The molecule has 1 heterocycles. The van der Waals surface area contributed by atoms with Gasteiger partial charge in [0.15, 0.2) is 0 Å². The fraction of sp³-hybridized carbons (Fsp3) is 0.333. The third-order valence-electron chi connectivity index (χ3n) is 3.19. The van der Waals surface area contributed by atoms with Crippen molar-refractivity contribution in [1.29, 1.82) is 0 Å². The van der Waals surface area contributed by atoms with Crippen molar-refractivity contribution in [2.24, 2.45) is 0 Å². The molecule has 7 nitrogen and oxygen atoms in total. The lowest BCUT2D eigenvalue weighted by Crippen LogP contribution is -2.54. The summed E-state index contributed by atoms with van der Waals surface area (Å²) < 4.78 is 0. The predicted octanol–water partition coefficient (Wildman–Crippen LogP) is 1.94. The summed E-state index contributed by atoms with van der Waals surface area (Å²) in [6.07, 6.45) is 0.297. The molecule has 21 heavy (non-hydrogen) atoms. The van der Waals surface area contributed by atoms with E-state index in [9.17, 15) is 24.8 Å². The van der Waals surface area contributed by atoms with Crippen LogP contribution in [0.3, 0.4) is 0 Å². The van der Waals surface area contributed by atoms with Crippen LogP contribution in [0.25, 0.3) is 0 Å². The molecule has 9 heteroatoms. The van der Waals surface area contributed by atoms with Gasteiger partial charge in [0.25, 0.3) is 11.6 Å². The van der Waals surface area contributed by atoms with E-state index in [2.05, 4.69) is 5.32 Å². The van der Waals surface area contributed by atoms with Gasteiger partial charge >= 0.3 is 5.97 Å². The first kappa shape index (κ1) is 15.6. The number of halogens is 1. The maximum absolute atomic E-state index is 12.2. The summed E-state index contributed by atoms with van der Waals surface area (Å²) in [5.41, 5.74) is -1.74. The van der Waals surface area contributed by atoms with Crippen molar-refractivity contribution in [2.75, 3.05) is 11.5 Å². The summed E-state index contributed by atoms with van der Waals surface area (Å²) in [6, 6.07) is 3.46. The number of nitrogens with zero attached hydrogens (tertiary/aromatic N) is 1. The molecule has 1 aromatic carbocycles. The van der Waals surface area contributed by atoms with E-state index >= 15 is 0 Å². The molecule has 1 unspecified atom stereocenters. The number of aliphatic carboxylic acids is 1. The fourth-order valence-corrected chi connectivity index (χ4v) is 3.50. The van der Waals surface area contributed by atoms with Crippen LogP contribution in [-0.2, 0) is 4.79 Å². The van der Waals surface area contributed by atoms with Crippen LogP contribution in [0.5, 0.6) is 0 Å².